The summed E-state index contributed by atoms with van der Waals surface area (Å²) in [5, 5.41) is 4.14. The van der Waals surface area contributed by atoms with Crippen molar-refractivity contribution >= 4 is 16.1 Å². The van der Waals surface area contributed by atoms with E-state index >= 15 is 0 Å². The van der Waals surface area contributed by atoms with E-state index in [0.717, 1.165) is 11.1 Å². The highest BCUT2D eigenvalue weighted by Gasteiger charge is 2.32. The Hall–Kier alpha value is -2.33. The van der Waals surface area contributed by atoms with E-state index in [1.54, 1.807) is 29.2 Å². The number of piperidine rings is 1. The number of aryl methyl sites for hydroxylation is 1. The van der Waals surface area contributed by atoms with E-state index in [1.807, 2.05) is 0 Å². The molecule has 1 saturated heterocycles. The fourth-order valence-electron chi connectivity index (χ4n) is 3.74. The molecule has 2 aliphatic rings. The Kier molecular flexibility index (Phi) is 5.15. The molecule has 1 aliphatic heterocycles. The quantitative estimate of drug-likeness (QED) is 0.758. The topological polar surface area (TPSA) is 77.3 Å². The molecule has 2 heterocycles. The van der Waals surface area contributed by atoms with Gasteiger partial charge in [0.1, 0.15) is 18.4 Å². The first-order chi connectivity index (χ1) is 13.4. The molecule has 150 valence electrons. The van der Waals surface area contributed by atoms with Gasteiger partial charge < -0.3 is 4.74 Å². The molecule has 4 rings (SSSR count). The highest BCUT2D eigenvalue weighted by molar-refractivity contribution is 7.93. The summed E-state index contributed by atoms with van der Waals surface area (Å²) in [6.45, 7) is -2.02. The maximum Gasteiger partial charge on any atom is 0.387 e. The first kappa shape index (κ1) is 19.0. The number of hydrogen-bond donors (Lipinski definition) is 0. The van der Waals surface area contributed by atoms with Gasteiger partial charge in [-0.05, 0) is 55.0 Å². The molecule has 1 aliphatic carbocycles. The third-order valence-corrected chi connectivity index (χ3v) is 7.23. The number of ether oxygens (including phenoxy) is 1. The zero-order valence-corrected chi connectivity index (χ0v) is 15.9. The second-order valence-corrected chi connectivity index (χ2v) is 8.85. The average molecular weight is 410 g/mol. The van der Waals surface area contributed by atoms with Crippen molar-refractivity contribution in [2.45, 2.75) is 38.3 Å². The number of fused-ring (bicyclic) bond motifs is 1. The van der Waals surface area contributed by atoms with Gasteiger partial charge in [0.15, 0.2) is 0 Å². The number of nitrogens with zero attached hydrogens (tertiary/aromatic N) is 4. The normalized spacial score (nSPS) is 18.8. The smallest absolute Gasteiger partial charge is 0.387 e. The summed E-state index contributed by atoms with van der Waals surface area (Å²) in [6.07, 6.45) is 6.95. The molecule has 0 radical (unpaired) electrons. The fraction of sp³-hybridized carbons (Fsp3) is 0.444. The van der Waals surface area contributed by atoms with Gasteiger partial charge in [-0.25, -0.2) is 18.1 Å². The number of sulfonamides is 1. The molecule has 0 atom stereocenters. The summed E-state index contributed by atoms with van der Waals surface area (Å²) in [7, 11) is -3.55. The van der Waals surface area contributed by atoms with E-state index in [2.05, 4.69) is 14.8 Å². The number of benzene rings is 1. The number of alkyl halides is 2. The summed E-state index contributed by atoms with van der Waals surface area (Å²) in [6, 6.07) is 4.76. The molecule has 28 heavy (non-hydrogen) atoms. The fourth-order valence-corrected chi connectivity index (χ4v) is 5.40. The average Bonchev–Trinajstić information content (AvgIpc) is 3.22. The second-order valence-electron chi connectivity index (χ2n) is 6.86. The lowest BCUT2D eigenvalue weighted by molar-refractivity contribution is -0.0498. The first-order valence-electron chi connectivity index (χ1n) is 9.06. The van der Waals surface area contributed by atoms with Crippen LogP contribution in [0.4, 0.5) is 8.78 Å². The summed E-state index contributed by atoms with van der Waals surface area (Å²) in [5.41, 5.74) is 1.53. The molecule has 7 nitrogen and oxygen atoms in total. The minimum atomic E-state index is -3.55. The van der Waals surface area contributed by atoms with Crippen LogP contribution in [0.15, 0.2) is 35.8 Å². The molecular formula is C18H20F2N4O3S. The summed E-state index contributed by atoms with van der Waals surface area (Å²) >= 11 is 0. The van der Waals surface area contributed by atoms with Crippen LogP contribution in [0.5, 0.6) is 5.75 Å². The van der Waals surface area contributed by atoms with Crippen molar-refractivity contribution in [1.82, 2.24) is 19.1 Å². The monoisotopic (exact) mass is 410 g/mol. The van der Waals surface area contributed by atoms with Crippen molar-refractivity contribution in [2.75, 3.05) is 13.1 Å². The highest BCUT2D eigenvalue weighted by atomic mass is 32.2. The standard InChI is InChI=1S/C18H20F2N4O3S/c19-18(20)27-16-3-1-14-10-17(4-2-13(14)9-16)28(25,26)23-7-5-15(6-8-23)24-12-21-11-22-24/h1,3,9-12,15,18H,2,4-8H2. The molecule has 1 aromatic heterocycles. The van der Waals surface area contributed by atoms with Crippen molar-refractivity contribution in [3.05, 3.63) is 46.9 Å². The van der Waals surface area contributed by atoms with Crippen LogP contribution in [0, 0.1) is 0 Å². The summed E-state index contributed by atoms with van der Waals surface area (Å²) < 4.78 is 58.6. The van der Waals surface area contributed by atoms with Gasteiger partial charge in [0, 0.05) is 13.1 Å². The molecule has 0 spiro atoms. The van der Waals surface area contributed by atoms with E-state index in [1.165, 1.54) is 16.7 Å². The van der Waals surface area contributed by atoms with E-state index in [4.69, 9.17) is 0 Å². The van der Waals surface area contributed by atoms with Crippen LogP contribution in [-0.4, -0.2) is 47.2 Å². The SMILES string of the molecule is O=S(=O)(C1=Cc2ccc(OC(F)F)cc2CC1)N1CCC(n2cncn2)CC1. The van der Waals surface area contributed by atoms with Gasteiger partial charge >= 0.3 is 6.61 Å². The molecule has 10 heteroatoms. The largest absolute Gasteiger partial charge is 0.435 e. The Morgan fingerprint density at radius 2 is 1.96 bits per heavy atom. The summed E-state index contributed by atoms with van der Waals surface area (Å²) in [5.74, 6) is 0.0867. The van der Waals surface area contributed by atoms with Gasteiger partial charge in [-0.2, -0.15) is 18.2 Å². The minimum absolute atomic E-state index is 0.0867. The van der Waals surface area contributed by atoms with Crippen LogP contribution in [0.25, 0.3) is 6.08 Å². The van der Waals surface area contributed by atoms with Crippen LogP contribution in [-0.2, 0) is 16.4 Å². The van der Waals surface area contributed by atoms with Crippen molar-refractivity contribution in [3.8, 4) is 5.75 Å². The predicted octanol–water partition coefficient (Wildman–Crippen LogP) is 2.83. The predicted molar refractivity (Wildman–Crippen MR) is 98.2 cm³/mol. The molecule has 1 aromatic carbocycles. The third kappa shape index (κ3) is 3.79. The third-order valence-electron chi connectivity index (χ3n) is 5.20. The van der Waals surface area contributed by atoms with Gasteiger partial charge in [-0.3, -0.25) is 0 Å². The molecular weight excluding hydrogens is 390 g/mol. The van der Waals surface area contributed by atoms with Crippen LogP contribution < -0.4 is 4.74 Å². The number of hydrogen-bond acceptors (Lipinski definition) is 5. The number of halogens is 2. The van der Waals surface area contributed by atoms with Gasteiger partial charge in [0.2, 0.25) is 10.0 Å². The van der Waals surface area contributed by atoms with Crippen molar-refractivity contribution in [2.24, 2.45) is 0 Å². The van der Waals surface area contributed by atoms with Gasteiger partial charge in [-0.1, -0.05) is 6.07 Å². The van der Waals surface area contributed by atoms with E-state index in [9.17, 15) is 17.2 Å². The Bertz CT molecular complexity index is 969. The van der Waals surface area contributed by atoms with Crippen molar-refractivity contribution < 1.29 is 21.9 Å². The lowest BCUT2D eigenvalue weighted by Crippen LogP contribution is -2.40. The zero-order chi connectivity index (χ0) is 19.7. The first-order valence-corrected chi connectivity index (χ1v) is 10.5. The summed E-state index contributed by atoms with van der Waals surface area (Å²) in [4.78, 5) is 4.30. The molecule has 0 amide bonds. The van der Waals surface area contributed by atoms with Gasteiger partial charge in [0.05, 0.1) is 10.9 Å². The molecule has 1 fully saturated rings. The van der Waals surface area contributed by atoms with E-state index in [-0.39, 0.29) is 11.8 Å². The van der Waals surface area contributed by atoms with E-state index < -0.39 is 16.6 Å². The highest BCUT2D eigenvalue weighted by Crippen LogP contribution is 2.33. The minimum Gasteiger partial charge on any atom is -0.435 e. The van der Waals surface area contributed by atoms with Crippen molar-refractivity contribution in [3.63, 3.8) is 0 Å². The van der Waals surface area contributed by atoms with Crippen molar-refractivity contribution in [1.29, 1.82) is 0 Å². The van der Waals surface area contributed by atoms with Crippen LogP contribution in [0.2, 0.25) is 0 Å². The number of allylic oxidation sites excluding steroid dienone is 1. The lowest BCUT2D eigenvalue weighted by Gasteiger charge is -2.32. The number of aromatic nitrogens is 3. The van der Waals surface area contributed by atoms with Crippen LogP contribution in [0.3, 0.4) is 0 Å². The maximum atomic E-state index is 13.1. The van der Waals surface area contributed by atoms with Crippen LogP contribution >= 0.6 is 0 Å². The van der Waals surface area contributed by atoms with Gasteiger partial charge in [-0.15, -0.1) is 0 Å². The molecule has 0 saturated carbocycles. The molecule has 0 unspecified atom stereocenters. The Morgan fingerprint density at radius 3 is 2.64 bits per heavy atom. The Balaban J connectivity index is 1.48. The second kappa shape index (κ2) is 7.59. The van der Waals surface area contributed by atoms with Crippen LogP contribution in [0.1, 0.15) is 36.4 Å². The Labute approximate surface area is 161 Å². The van der Waals surface area contributed by atoms with E-state index in [0.29, 0.717) is 43.7 Å². The molecule has 0 N–H and O–H groups in total. The maximum absolute atomic E-state index is 13.1. The van der Waals surface area contributed by atoms with Gasteiger partial charge in [0.25, 0.3) is 0 Å². The number of rotatable bonds is 5. The zero-order valence-electron chi connectivity index (χ0n) is 15.0. The Morgan fingerprint density at radius 1 is 1.18 bits per heavy atom. The lowest BCUT2D eigenvalue weighted by atomic mass is 9.97. The molecule has 0 bridgehead atoms. The molecule has 2 aromatic rings.